The minimum absolute atomic E-state index is 0.440. The number of benzene rings is 1. The molecule has 4 heteroatoms. The monoisotopic (exact) mass is 266 g/mol. The summed E-state index contributed by atoms with van der Waals surface area (Å²) in [7, 11) is 0. The minimum Gasteiger partial charge on any atom is -0.481 e. The molecule has 0 radical (unpaired) electrons. The molecule has 1 heterocycles. The van der Waals surface area contributed by atoms with Gasteiger partial charge in [-0.1, -0.05) is 41.9 Å². The van der Waals surface area contributed by atoms with Crippen LogP contribution in [-0.4, -0.2) is 11.1 Å². The number of rotatable bonds is 4. The second kappa shape index (κ2) is 5.34. The van der Waals surface area contributed by atoms with E-state index in [0.29, 0.717) is 11.4 Å². The predicted molar refractivity (Wildman–Crippen MR) is 69.9 cm³/mol. The van der Waals surface area contributed by atoms with Crippen molar-refractivity contribution in [3.8, 4) is 0 Å². The first-order valence-corrected chi connectivity index (χ1v) is 6.44. The molecule has 1 unspecified atom stereocenters. The van der Waals surface area contributed by atoms with Gasteiger partial charge in [-0.25, -0.2) is 0 Å². The highest BCUT2D eigenvalue weighted by Gasteiger charge is 2.21. The number of carboxylic acid groups (broad SMARTS) is 1. The van der Waals surface area contributed by atoms with Gasteiger partial charge in [-0.15, -0.1) is 11.3 Å². The van der Waals surface area contributed by atoms with Crippen molar-refractivity contribution >= 4 is 28.9 Å². The number of carbonyl (C=O) groups is 1. The molecule has 1 aromatic heterocycles. The van der Waals surface area contributed by atoms with Crippen molar-refractivity contribution in [3.63, 3.8) is 0 Å². The third-order valence-corrected chi connectivity index (χ3v) is 3.99. The normalized spacial score (nSPS) is 12.3. The minimum atomic E-state index is -0.819. The highest BCUT2D eigenvalue weighted by atomic mass is 35.5. The molecular weight excluding hydrogens is 256 g/mol. The average Bonchev–Trinajstić information content (AvgIpc) is 2.72. The van der Waals surface area contributed by atoms with Crippen molar-refractivity contribution in [2.75, 3.05) is 0 Å². The fourth-order valence-electron chi connectivity index (χ4n) is 1.69. The quantitative estimate of drug-likeness (QED) is 0.914. The lowest BCUT2D eigenvalue weighted by molar-refractivity contribution is -0.138. The van der Waals surface area contributed by atoms with Gasteiger partial charge in [0.25, 0.3) is 0 Å². The van der Waals surface area contributed by atoms with Crippen LogP contribution in [0.25, 0.3) is 0 Å². The van der Waals surface area contributed by atoms with Crippen molar-refractivity contribution in [3.05, 3.63) is 57.2 Å². The van der Waals surface area contributed by atoms with Crippen LogP contribution < -0.4 is 0 Å². The van der Waals surface area contributed by atoms with Crippen LogP contribution in [0.1, 0.15) is 16.4 Å². The summed E-state index contributed by atoms with van der Waals surface area (Å²) in [5.74, 6) is -1.35. The molecule has 17 heavy (non-hydrogen) atoms. The van der Waals surface area contributed by atoms with Gasteiger partial charge in [0.05, 0.1) is 10.9 Å². The highest BCUT2D eigenvalue weighted by molar-refractivity contribution is 7.10. The van der Waals surface area contributed by atoms with Gasteiger partial charge >= 0.3 is 5.97 Å². The van der Waals surface area contributed by atoms with Crippen LogP contribution in [0.4, 0.5) is 0 Å². The molecule has 2 rings (SSSR count). The Balaban J connectivity index is 2.26. The lowest BCUT2D eigenvalue weighted by Crippen LogP contribution is -2.13. The number of carboxylic acids is 1. The second-order valence-electron chi connectivity index (χ2n) is 3.70. The van der Waals surface area contributed by atoms with E-state index in [1.807, 2.05) is 35.7 Å². The van der Waals surface area contributed by atoms with Crippen LogP contribution in [0.2, 0.25) is 5.02 Å². The summed E-state index contributed by atoms with van der Waals surface area (Å²) >= 11 is 7.49. The largest absolute Gasteiger partial charge is 0.481 e. The standard InChI is InChI=1S/C13H11ClO2S/c14-11-6-7-17-12(11)8-10(13(15)16)9-4-2-1-3-5-9/h1-7,10H,8H2,(H,15,16). The van der Waals surface area contributed by atoms with E-state index in [9.17, 15) is 9.90 Å². The molecule has 0 aliphatic heterocycles. The molecule has 88 valence electrons. The maximum atomic E-state index is 11.3. The Morgan fingerprint density at radius 2 is 2.00 bits per heavy atom. The summed E-state index contributed by atoms with van der Waals surface area (Å²) in [5.41, 5.74) is 0.810. The topological polar surface area (TPSA) is 37.3 Å². The molecule has 1 N–H and O–H groups in total. The van der Waals surface area contributed by atoms with E-state index in [2.05, 4.69) is 0 Å². The number of halogens is 1. The van der Waals surface area contributed by atoms with Gasteiger partial charge in [-0.3, -0.25) is 4.79 Å². The first-order chi connectivity index (χ1) is 8.18. The van der Waals surface area contributed by atoms with Gasteiger partial charge in [0.2, 0.25) is 0 Å². The zero-order valence-electron chi connectivity index (χ0n) is 8.97. The lowest BCUT2D eigenvalue weighted by Gasteiger charge is -2.11. The zero-order valence-corrected chi connectivity index (χ0v) is 10.5. The summed E-state index contributed by atoms with van der Waals surface area (Å²) in [6.45, 7) is 0. The van der Waals surface area contributed by atoms with E-state index < -0.39 is 11.9 Å². The van der Waals surface area contributed by atoms with Gasteiger partial charge < -0.3 is 5.11 Å². The van der Waals surface area contributed by atoms with E-state index >= 15 is 0 Å². The Labute approximate surface area is 108 Å². The molecule has 1 atom stereocenters. The molecule has 0 aliphatic carbocycles. The molecular formula is C13H11ClO2S. The summed E-state index contributed by atoms with van der Waals surface area (Å²) in [5, 5.41) is 11.8. The van der Waals surface area contributed by atoms with Gasteiger partial charge in [0.1, 0.15) is 0 Å². The van der Waals surface area contributed by atoms with Crippen LogP contribution in [0.3, 0.4) is 0 Å². The van der Waals surface area contributed by atoms with E-state index in [1.165, 1.54) is 11.3 Å². The smallest absolute Gasteiger partial charge is 0.311 e. The molecule has 1 aromatic carbocycles. The van der Waals surface area contributed by atoms with Crippen LogP contribution in [0.5, 0.6) is 0 Å². The maximum Gasteiger partial charge on any atom is 0.311 e. The van der Waals surface area contributed by atoms with Crippen molar-refractivity contribution in [2.24, 2.45) is 0 Å². The zero-order chi connectivity index (χ0) is 12.3. The summed E-state index contributed by atoms with van der Waals surface area (Å²) in [4.78, 5) is 12.2. The molecule has 0 bridgehead atoms. The predicted octanol–water partition coefficient (Wildman–Crippen LogP) is 3.81. The molecule has 2 nitrogen and oxygen atoms in total. The van der Waals surface area contributed by atoms with Crippen molar-refractivity contribution in [2.45, 2.75) is 12.3 Å². The van der Waals surface area contributed by atoms with E-state index in [0.717, 1.165) is 10.4 Å². The Morgan fingerprint density at radius 3 is 2.53 bits per heavy atom. The van der Waals surface area contributed by atoms with E-state index in [1.54, 1.807) is 6.07 Å². The average molecular weight is 267 g/mol. The van der Waals surface area contributed by atoms with Crippen LogP contribution in [0, 0.1) is 0 Å². The first-order valence-electron chi connectivity index (χ1n) is 5.18. The summed E-state index contributed by atoms with van der Waals surface area (Å²) in [6, 6.07) is 11.0. The first kappa shape index (κ1) is 12.1. The van der Waals surface area contributed by atoms with Gasteiger partial charge in [0, 0.05) is 11.3 Å². The Kier molecular flexibility index (Phi) is 3.82. The number of hydrogen-bond donors (Lipinski definition) is 1. The SMILES string of the molecule is O=C(O)C(Cc1sccc1Cl)c1ccccc1. The van der Waals surface area contributed by atoms with Crippen molar-refractivity contribution < 1.29 is 9.90 Å². The highest BCUT2D eigenvalue weighted by Crippen LogP contribution is 2.29. The van der Waals surface area contributed by atoms with Crippen molar-refractivity contribution in [1.29, 1.82) is 0 Å². The van der Waals surface area contributed by atoms with E-state index in [-0.39, 0.29) is 0 Å². The molecule has 0 spiro atoms. The summed E-state index contributed by atoms with van der Waals surface area (Å²) < 4.78 is 0. The summed E-state index contributed by atoms with van der Waals surface area (Å²) in [6.07, 6.45) is 0.440. The molecule has 0 aliphatic rings. The van der Waals surface area contributed by atoms with Gasteiger partial charge in [0.15, 0.2) is 0 Å². The number of thiophene rings is 1. The van der Waals surface area contributed by atoms with E-state index in [4.69, 9.17) is 11.6 Å². The third kappa shape index (κ3) is 2.87. The maximum absolute atomic E-state index is 11.3. The van der Waals surface area contributed by atoms with Crippen LogP contribution in [-0.2, 0) is 11.2 Å². The number of aliphatic carboxylic acids is 1. The van der Waals surface area contributed by atoms with Crippen LogP contribution >= 0.6 is 22.9 Å². The molecule has 0 saturated carbocycles. The molecule has 2 aromatic rings. The second-order valence-corrected chi connectivity index (χ2v) is 5.11. The molecule has 0 amide bonds. The molecule has 0 saturated heterocycles. The third-order valence-electron chi connectivity index (χ3n) is 2.58. The van der Waals surface area contributed by atoms with Gasteiger partial charge in [-0.05, 0) is 17.0 Å². The van der Waals surface area contributed by atoms with Crippen LogP contribution in [0.15, 0.2) is 41.8 Å². The number of hydrogen-bond acceptors (Lipinski definition) is 2. The molecule has 0 fully saturated rings. The Hall–Kier alpha value is -1.32. The lowest BCUT2D eigenvalue weighted by atomic mass is 9.95. The fraction of sp³-hybridized carbons (Fsp3) is 0.154. The van der Waals surface area contributed by atoms with Gasteiger partial charge in [-0.2, -0.15) is 0 Å². The Bertz CT molecular complexity index is 507. The Morgan fingerprint density at radius 1 is 1.29 bits per heavy atom. The van der Waals surface area contributed by atoms with Crippen molar-refractivity contribution in [1.82, 2.24) is 0 Å². The fourth-order valence-corrected chi connectivity index (χ4v) is 2.85.